The van der Waals surface area contributed by atoms with Crippen LogP contribution in [0.4, 0.5) is 4.79 Å². The minimum absolute atomic E-state index is 0.0875. The van der Waals surface area contributed by atoms with E-state index in [-0.39, 0.29) is 12.1 Å². The predicted octanol–water partition coefficient (Wildman–Crippen LogP) is 2.69. The molecule has 0 aliphatic rings. The molecule has 0 spiro atoms. The second kappa shape index (κ2) is 9.02. The molecule has 0 heterocycles. The second-order valence-electron chi connectivity index (χ2n) is 4.93. The largest absolute Gasteiger partial charge is 0.335 e. The highest BCUT2D eigenvalue weighted by Gasteiger charge is 2.15. The Hall–Kier alpha value is -1.06. The van der Waals surface area contributed by atoms with Crippen LogP contribution in [0.25, 0.3) is 0 Å². The van der Waals surface area contributed by atoms with Crippen LogP contribution >= 0.6 is 0 Å². The number of imide groups is 1. The van der Waals surface area contributed by atoms with Crippen LogP contribution in [0.5, 0.6) is 0 Å². The van der Waals surface area contributed by atoms with Gasteiger partial charge in [-0.3, -0.25) is 9.69 Å². The molecule has 0 aliphatic heterocycles. The molecule has 0 aliphatic carbocycles. The molecule has 0 bridgehead atoms. The zero-order valence-electron chi connectivity index (χ0n) is 11.5. The van der Waals surface area contributed by atoms with Gasteiger partial charge in [0.15, 0.2) is 0 Å². The maximum atomic E-state index is 11.7. The maximum Gasteiger partial charge on any atom is 0.324 e. The molecule has 1 radical (unpaired) electrons. The van der Waals surface area contributed by atoms with Crippen LogP contribution in [-0.2, 0) is 4.79 Å². The van der Waals surface area contributed by atoms with Gasteiger partial charge in [-0.15, -0.1) is 0 Å². The van der Waals surface area contributed by atoms with E-state index in [0.717, 1.165) is 30.6 Å². The van der Waals surface area contributed by atoms with Gasteiger partial charge < -0.3 is 5.32 Å². The van der Waals surface area contributed by atoms with Crippen molar-refractivity contribution in [2.24, 2.45) is 5.92 Å². The van der Waals surface area contributed by atoms with Gasteiger partial charge in [0.25, 0.3) is 0 Å². The summed E-state index contributed by atoms with van der Waals surface area (Å²) in [4.78, 5) is 23.5. The smallest absolute Gasteiger partial charge is 0.324 e. The SMILES string of the molecule is CCCCCN([C]=O)C(=O)NC(C)CC(C)C. The summed E-state index contributed by atoms with van der Waals surface area (Å²) in [6, 6.07) is -0.242. The molecule has 3 amide bonds. The van der Waals surface area contributed by atoms with Crippen LogP contribution < -0.4 is 5.32 Å². The van der Waals surface area contributed by atoms with Crippen molar-refractivity contribution in [3.05, 3.63) is 0 Å². The number of unbranched alkanes of at least 4 members (excludes halogenated alkanes) is 2. The highest BCUT2D eigenvalue weighted by molar-refractivity contribution is 5.85. The van der Waals surface area contributed by atoms with Gasteiger partial charge in [0, 0.05) is 12.6 Å². The number of nitrogens with zero attached hydrogens (tertiary/aromatic N) is 1. The number of hydrogen-bond donors (Lipinski definition) is 1. The molecule has 1 atom stereocenters. The minimum Gasteiger partial charge on any atom is -0.335 e. The van der Waals surface area contributed by atoms with Gasteiger partial charge in [-0.05, 0) is 25.7 Å². The fourth-order valence-corrected chi connectivity index (χ4v) is 1.76. The van der Waals surface area contributed by atoms with E-state index in [1.807, 2.05) is 6.92 Å². The van der Waals surface area contributed by atoms with E-state index in [9.17, 15) is 9.59 Å². The number of amides is 3. The lowest BCUT2D eigenvalue weighted by molar-refractivity contribution is 0.213. The number of urea groups is 1. The molecule has 4 heteroatoms. The Bertz CT molecular complexity index is 229. The fraction of sp³-hybridized carbons (Fsp3) is 0.846. The van der Waals surface area contributed by atoms with Crippen molar-refractivity contribution in [2.75, 3.05) is 6.54 Å². The number of nitrogens with one attached hydrogen (secondary N) is 1. The van der Waals surface area contributed by atoms with Crippen LogP contribution in [0.2, 0.25) is 0 Å². The van der Waals surface area contributed by atoms with Crippen molar-refractivity contribution in [1.82, 2.24) is 10.2 Å². The van der Waals surface area contributed by atoms with E-state index < -0.39 is 0 Å². The fourth-order valence-electron chi connectivity index (χ4n) is 1.76. The number of hydrogen-bond acceptors (Lipinski definition) is 2. The first-order chi connectivity index (χ1) is 8.01. The summed E-state index contributed by atoms with van der Waals surface area (Å²) in [5, 5.41) is 2.81. The van der Waals surface area contributed by atoms with E-state index in [4.69, 9.17) is 0 Å². The first-order valence-electron chi connectivity index (χ1n) is 6.47. The standard InChI is InChI=1S/C13H25N2O2/c1-5-6-7-8-15(10-16)13(17)14-12(4)9-11(2)3/h11-12H,5-9H2,1-4H3,(H,14,17). The molecule has 0 saturated heterocycles. The van der Waals surface area contributed by atoms with E-state index in [2.05, 4.69) is 26.1 Å². The van der Waals surface area contributed by atoms with Gasteiger partial charge >= 0.3 is 12.4 Å². The Morgan fingerprint density at radius 1 is 1.29 bits per heavy atom. The lowest BCUT2D eigenvalue weighted by Crippen LogP contribution is -2.44. The maximum absolute atomic E-state index is 11.7. The van der Waals surface area contributed by atoms with E-state index in [1.54, 1.807) is 6.41 Å². The van der Waals surface area contributed by atoms with Crippen LogP contribution in [0.1, 0.15) is 53.4 Å². The van der Waals surface area contributed by atoms with Gasteiger partial charge in [-0.1, -0.05) is 33.6 Å². The van der Waals surface area contributed by atoms with Gasteiger partial charge in [0.05, 0.1) is 0 Å². The molecular formula is C13H25N2O2. The summed E-state index contributed by atoms with van der Waals surface area (Å²) in [5.41, 5.74) is 0. The summed E-state index contributed by atoms with van der Waals surface area (Å²) >= 11 is 0. The van der Waals surface area contributed by atoms with Gasteiger partial charge in [-0.25, -0.2) is 4.79 Å². The first kappa shape index (κ1) is 15.9. The van der Waals surface area contributed by atoms with Gasteiger partial charge in [-0.2, -0.15) is 0 Å². The van der Waals surface area contributed by atoms with E-state index in [1.165, 1.54) is 0 Å². The topological polar surface area (TPSA) is 49.4 Å². The van der Waals surface area contributed by atoms with Crippen molar-refractivity contribution >= 4 is 12.4 Å². The Kier molecular flexibility index (Phi) is 8.46. The molecule has 99 valence electrons. The van der Waals surface area contributed by atoms with Gasteiger partial charge in [0.1, 0.15) is 0 Å². The Morgan fingerprint density at radius 2 is 1.94 bits per heavy atom. The third-order valence-electron chi connectivity index (χ3n) is 2.54. The molecule has 4 nitrogen and oxygen atoms in total. The average molecular weight is 241 g/mol. The normalized spacial score (nSPS) is 12.3. The van der Waals surface area contributed by atoms with Crippen molar-refractivity contribution in [2.45, 2.75) is 59.4 Å². The van der Waals surface area contributed by atoms with E-state index >= 15 is 0 Å². The molecular weight excluding hydrogens is 216 g/mol. The zero-order chi connectivity index (χ0) is 13.3. The summed E-state index contributed by atoms with van der Waals surface area (Å²) in [6.45, 7) is 8.70. The van der Waals surface area contributed by atoms with E-state index in [0.29, 0.717) is 12.5 Å². The van der Waals surface area contributed by atoms with Crippen LogP contribution in [0.3, 0.4) is 0 Å². The lowest BCUT2D eigenvalue weighted by atomic mass is 10.1. The first-order valence-corrected chi connectivity index (χ1v) is 6.47. The molecule has 0 aromatic rings. The quantitative estimate of drug-likeness (QED) is 0.524. The third kappa shape index (κ3) is 7.77. The molecule has 0 aromatic carbocycles. The van der Waals surface area contributed by atoms with Gasteiger partial charge in [0.2, 0.25) is 0 Å². The lowest BCUT2D eigenvalue weighted by Gasteiger charge is -2.20. The summed E-state index contributed by atoms with van der Waals surface area (Å²) in [5.74, 6) is 0.527. The van der Waals surface area contributed by atoms with Crippen molar-refractivity contribution < 1.29 is 9.59 Å². The molecule has 1 unspecified atom stereocenters. The van der Waals surface area contributed by atoms with Crippen molar-refractivity contribution in [3.63, 3.8) is 0 Å². The molecule has 17 heavy (non-hydrogen) atoms. The zero-order valence-corrected chi connectivity index (χ0v) is 11.5. The monoisotopic (exact) mass is 241 g/mol. The van der Waals surface area contributed by atoms with Crippen LogP contribution in [0.15, 0.2) is 0 Å². The minimum atomic E-state index is -0.329. The number of carbonyl (C=O) groups is 1. The molecule has 0 aromatic heterocycles. The Labute approximate surface area is 105 Å². The average Bonchev–Trinajstić information content (AvgIpc) is 2.22. The number of carbonyl (C=O) groups excluding carboxylic acids is 2. The molecule has 0 saturated carbocycles. The molecule has 0 rings (SSSR count). The highest BCUT2D eigenvalue weighted by Crippen LogP contribution is 2.04. The molecule has 0 fully saturated rings. The molecule has 1 N–H and O–H groups in total. The summed E-state index contributed by atoms with van der Waals surface area (Å²) in [7, 11) is 0. The third-order valence-corrected chi connectivity index (χ3v) is 2.54. The summed E-state index contributed by atoms with van der Waals surface area (Å²) in [6.07, 6.45) is 5.53. The Balaban J connectivity index is 4.02. The number of rotatable bonds is 8. The Morgan fingerprint density at radius 3 is 2.41 bits per heavy atom. The van der Waals surface area contributed by atoms with Crippen molar-refractivity contribution in [3.8, 4) is 0 Å². The second-order valence-corrected chi connectivity index (χ2v) is 4.93. The summed E-state index contributed by atoms with van der Waals surface area (Å²) < 4.78 is 0. The van der Waals surface area contributed by atoms with Crippen LogP contribution in [0, 0.1) is 5.92 Å². The van der Waals surface area contributed by atoms with Crippen LogP contribution in [-0.4, -0.2) is 29.9 Å². The predicted molar refractivity (Wildman–Crippen MR) is 69.4 cm³/mol. The van der Waals surface area contributed by atoms with Crippen molar-refractivity contribution in [1.29, 1.82) is 0 Å². The highest BCUT2D eigenvalue weighted by atomic mass is 16.2.